The van der Waals surface area contributed by atoms with Gasteiger partial charge in [-0.15, -0.1) is 0 Å². The number of thiazole rings is 1. The summed E-state index contributed by atoms with van der Waals surface area (Å²) in [6.07, 6.45) is 5.92. The van der Waals surface area contributed by atoms with E-state index in [1.165, 1.54) is 11.3 Å². The van der Waals surface area contributed by atoms with Gasteiger partial charge in [-0.05, 0) is 51.8 Å². The minimum atomic E-state index is -0.697. The highest BCUT2D eigenvalue weighted by Crippen LogP contribution is 2.36. The fourth-order valence-electron chi connectivity index (χ4n) is 6.34. The number of amides is 2. The van der Waals surface area contributed by atoms with Crippen molar-refractivity contribution in [1.29, 1.82) is 0 Å². The highest BCUT2D eigenvalue weighted by Gasteiger charge is 2.35. The molecule has 228 valence electrons. The third kappa shape index (κ3) is 5.17. The van der Waals surface area contributed by atoms with Crippen LogP contribution in [0.25, 0.3) is 17.0 Å². The number of para-hydroxylation sites is 2. The van der Waals surface area contributed by atoms with E-state index in [2.05, 4.69) is 0 Å². The number of carbonyl (C=O) groups excluding carboxylic acids is 2. The maximum Gasteiger partial charge on any atom is 0.271 e. The zero-order chi connectivity index (χ0) is 31.0. The lowest BCUT2D eigenvalue weighted by molar-refractivity contribution is -0.130. The molecular formula is C34H37N5O4S. The van der Waals surface area contributed by atoms with Gasteiger partial charge in [-0.1, -0.05) is 47.7 Å². The number of nitrogens with zero attached hydrogens (tertiary/aromatic N) is 5. The summed E-state index contributed by atoms with van der Waals surface area (Å²) >= 11 is 1.30. The van der Waals surface area contributed by atoms with E-state index in [9.17, 15) is 14.4 Å². The molecule has 0 radical (unpaired) electrons. The number of carbonyl (C=O) groups is 2. The lowest BCUT2D eigenvalue weighted by Crippen LogP contribution is -2.43. The second kappa shape index (κ2) is 12.3. The Morgan fingerprint density at radius 1 is 1.07 bits per heavy atom. The molecule has 4 aromatic rings. The summed E-state index contributed by atoms with van der Waals surface area (Å²) in [4.78, 5) is 50.3. The number of methoxy groups -OCH3 is 1. The van der Waals surface area contributed by atoms with Crippen molar-refractivity contribution in [2.75, 3.05) is 33.3 Å². The molecular weight excluding hydrogens is 574 g/mol. The van der Waals surface area contributed by atoms with Crippen molar-refractivity contribution in [3.05, 3.63) is 96.8 Å². The molecule has 2 aliphatic rings. The third-order valence-electron chi connectivity index (χ3n) is 8.61. The van der Waals surface area contributed by atoms with E-state index in [4.69, 9.17) is 9.73 Å². The Bertz CT molecular complexity index is 1960. The van der Waals surface area contributed by atoms with Gasteiger partial charge in [-0.3, -0.25) is 19.0 Å². The van der Waals surface area contributed by atoms with Crippen LogP contribution in [0.2, 0.25) is 0 Å². The van der Waals surface area contributed by atoms with Gasteiger partial charge in [0.25, 0.3) is 11.5 Å². The van der Waals surface area contributed by atoms with E-state index in [0.29, 0.717) is 39.4 Å². The minimum absolute atomic E-state index is 0.104. The number of aromatic nitrogens is 2. The summed E-state index contributed by atoms with van der Waals surface area (Å²) in [5.41, 5.74) is 3.34. The van der Waals surface area contributed by atoms with Crippen LogP contribution in [0.1, 0.15) is 50.8 Å². The molecule has 6 rings (SSSR count). The molecule has 1 atom stereocenters. The molecule has 44 heavy (non-hydrogen) atoms. The molecule has 2 aromatic heterocycles. The van der Waals surface area contributed by atoms with Crippen LogP contribution in [0.15, 0.2) is 75.8 Å². The fraction of sp³-hybridized carbons (Fsp3) is 0.353. The Labute approximate surface area is 260 Å². The van der Waals surface area contributed by atoms with Gasteiger partial charge >= 0.3 is 0 Å². The minimum Gasteiger partial charge on any atom is -0.496 e. The Balaban J connectivity index is 1.51. The van der Waals surface area contributed by atoms with Crippen LogP contribution in [0.3, 0.4) is 0 Å². The van der Waals surface area contributed by atoms with Crippen molar-refractivity contribution in [2.45, 2.75) is 46.2 Å². The Morgan fingerprint density at radius 2 is 1.77 bits per heavy atom. The summed E-state index contributed by atoms with van der Waals surface area (Å²) in [5.74, 6) is 0.552. The van der Waals surface area contributed by atoms with Gasteiger partial charge < -0.3 is 19.1 Å². The first-order valence-electron chi connectivity index (χ1n) is 15.2. The number of likely N-dealkylation sites (N-methyl/N-ethyl adjacent to an activating group) is 1. The van der Waals surface area contributed by atoms with Gasteiger partial charge in [0.2, 0.25) is 5.91 Å². The van der Waals surface area contributed by atoms with Crippen molar-refractivity contribution < 1.29 is 14.3 Å². The predicted octanol–water partition coefficient (Wildman–Crippen LogP) is 3.69. The lowest BCUT2D eigenvalue weighted by atomic mass is 9.94. The van der Waals surface area contributed by atoms with Crippen LogP contribution in [-0.4, -0.2) is 64.0 Å². The number of ether oxygens (including phenoxy) is 1. The Kier molecular flexibility index (Phi) is 8.27. The first-order valence-corrected chi connectivity index (χ1v) is 16.0. The second-order valence-corrected chi connectivity index (χ2v) is 12.1. The summed E-state index contributed by atoms with van der Waals surface area (Å²) < 4.78 is 9.83. The molecule has 10 heteroatoms. The molecule has 2 aliphatic heterocycles. The molecule has 0 spiro atoms. The van der Waals surface area contributed by atoms with Crippen LogP contribution >= 0.6 is 11.3 Å². The summed E-state index contributed by atoms with van der Waals surface area (Å²) in [6.45, 7) is 8.66. The second-order valence-electron chi connectivity index (χ2n) is 11.1. The van der Waals surface area contributed by atoms with Crippen molar-refractivity contribution in [1.82, 2.24) is 18.9 Å². The van der Waals surface area contributed by atoms with Gasteiger partial charge in [-0.25, -0.2) is 4.99 Å². The molecule has 0 aliphatic carbocycles. The first kappa shape index (κ1) is 29.6. The zero-order valence-corrected chi connectivity index (χ0v) is 26.4. The maximum absolute atomic E-state index is 14.3. The maximum atomic E-state index is 14.3. The monoisotopic (exact) mass is 611 g/mol. The van der Waals surface area contributed by atoms with Crippen molar-refractivity contribution in [3.63, 3.8) is 0 Å². The van der Waals surface area contributed by atoms with Gasteiger partial charge in [0, 0.05) is 54.4 Å². The van der Waals surface area contributed by atoms with E-state index in [0.717, 1.165) is 48.0 Å². The molecule has 4 heterocycles. The molecule has 1 fully saturated rings. The standard InChI is InChI=1S/C34H37N5O4S/c1-5-36(6-2)33(42)30-22(3)35-34-39(31(30)25-14-8-10-16-27(25)43-4)32(41)28(44-34)19-23-20-38(26-15-9-7-13-24(23)26)21-29(40)37-17-11-12-18-37/h7-10,13-16,19-20,31H,5-6,11-12,17-18,21H2,1-4H3/b28-19-/t31-/m1/s1. The van der Waals surface area contributed by atoms with Crippen LogP contribution in [0.5, 0.6) is 5.75 Å². The molecule has 2 aromatic carbocycles. The SMILES string of the molecule is CCN(CC)C(=O)C1=C(C)N=c2s/c(=C\c3cn(CC(=O)N4CCCC4)c4ccccc34)c(=O)n2[C@@H]1c1ccccc1OC. The number of hydrogen-bond donors (Lipinski definition) is 0. The predicted molar refractivity (Wildman–Crippen MR) is 172 cm³/mol. The highest BCUT2D eigenvalue weighted by molar-refractivity contribution is 7.07. The quantitative estimate of drug-likeness (QED) is 0.304. The van der Waals surface area contributed by atoms with E-state index in [1.807, 2.05) is 91.0 Å². The molecule has 0 bridgehead atoms. The van der Waals surface area contributed by atoms with Crippen LogP contribution in [0.4, 0.5) is 0 Å². The average Bonchev–Trinajstić information content (AvgIpc) is 3.76. The van der Waals surface area contributed by atoms with Crippen molar-refractivity contribution in [3.8, 4) is 5.75 Å². The van der Waals surface area contributed by atoms with Crippen molar-refractivity contribution in [2.24, 2.45) is 4.99 Å². The topological polar surface area (TPSA) is 89.1 Å². The Hall–Kier alpha value is -4.44. The number of fused-ring (bicyclic) bond motifs is 2. The normalized spacial score (nSPS) is 16.8. The van der Waals surface area contributed by atoms with Gasteiger partial charge in [0.1, 0.15) is 18.3 Å². The molecule has 1 saturated heterocycles. The molecule has 9 nitrogen and oxygen atoms in total. The largest absolute Gasteiger partial charge is 0.496 e. The number of likely N-dealkylation sites (tertiary alicyclic amines) is 1. The zero-order valence-electron chi connectivity index (χ0n) is 25.6. The van der Waals surface area contributed by atoms with E-state index in [1.54, 1.807) is 16.6 Å². The molecule has 0 saturated carbocycles. The smallest absolute Gasteiger partial charge is 0.271 e. The number of allylic oxidation sites excluding steroid dienone is 1. The fourth-order valence-corrected chi connectivity index (χ4v) is 7.37. The van der Waals surface area contributed by atoms with Crippen molar-refractivity contribution >= 4 is 40.1 Å². The summed E-state index contributed by atoms with van der Waals surface area (Å²) in [5, 5.41) is 0.961. The van der Waals surface area contributed by atoms with E-state index in [-0.39, 0.29) is 23.9 Å². The van der Waals surface area contributed by atoms with Gasteiger partial charge in [-0.2, -0.15) is 0 Å². The van der Waals surface area contributed by atoms with Crippen LogP contribution in [0, 0.1) is 0 Å². The van der Waals surface area contributed by atoms with Crippen LogP contribution < -0.4 is 19.6 Å². The molecule has 0 N–H and O–H groups in total. The molecule has 0 unspecified atom stereocenters. The summed E-state index contributed by atoms with van der Waals surface area (Å²) in [6, 6.07) is 14.7. The van der Waals surface area contributed by atoms with Gasteiger partial charge in [0.15, 0.2) is 4.80 Å². The average molecular weight is 612 g/mol. The summed E-state index contributed by atoms with van der Waals surface area (Å²) in [7, 11) is 1.59. The van der Waals surface area contributed by atoms with E-state index < -0.39 is 6.04 Å². The lowest BCUT2D eigenvalue weighted by Gasteiger charge is -2.29. The highest BCUT2D eigenvalue weighted by atomic mass is 32.1. The number of hydrogen-bond acceptors (Lipinski definition) is 6. The Morgan fingerprint density at radius 3 is 2.50 bits per heavy atom. The number of rotatable bonds is 8. The molecule has 2 amide bonds. The van der Waals surface area contributed by atoms with Gasteiger partial charge in [0.05, 0.1) is 22.9 Å². The van der Waals surface area contributed by atoms with E-state index >= 15 is 0 Å². The third-order valence-corrected chi connectivity index (χ3v) is 9.59. The first-order chi connectivity index (χ1) is 21.4. The number of benzene rings is 2. The van der Waals surface area contributed by atoms with Crippen LogP contribution in [-0.2, 0) is 16.1 Å².